The molecule has 0 aromatic carbocycles. The maximum atomic E-state index is 12.5. The molecule has 0 radical (unpaired) electrons. The van der Waals surface area contributed by atoms with Crippen LogP contribution in [0.4, 0.5) is 10.6 Å². The number of anilines is 1. The van der Waals surface area contributed by atoms with Crippen molar-refractivity contribution < 1.29 is 4.79 Å². The summed E-state index contributed by atoms with van der Waals surface area (Å²) >= 11 is 0. The van der Waals surface area contributed by atoms with Crippen LogP contribution in [0.3, 0.4) is 0 Å². The Labute approximate surface area is 150 Å². The van der Waals surface area contributed by atoms with E-state index >= 15 is 0 Å². The predicted octanol–water partition coefficient (Wildman–Crippen LogP) is 1.78. The Balaban J connectivity index is 1.42. The maximum Gasteiger partial charge on any atom is 0.323 e. The fraction of sp³-hybridized carbons (Fsp3) is 0.778. The summed E-state index contributed by atoms with van der Waals surface area (Å²) < 4.78 is 1.87. The first kappa shape index (κ1) is 18.2. The highest BCUT2D eigenvalue weighted by molar-refractivity contribution is 5.88. The third-order valence-corrected chi connectivity index (χ3v) is 5.19. The average Bonchev–Trinajstić information content (AvgIpc) is 3.23. The Bertz CT molecular complexity index is 552. The molecule has 1 aromatic heterocycles. The molecule has 0 unspecified atom stereocenters. The van der Waals surface area contributed by atoms with Crippen LogP contribution in [0.15, 0.2) is 12.3 Å². The van der Waals surface area contributed by atoms with Gasteiger partial charge in [-0.1, -0.05) is 6.42 Å². The van der Waals surface area contributed by atoms with E-state index in [1.807, 2.05) is 35.9 Å². The molecule has 1 atom stereocenters. The molecule has 1 aromatic rings. The van der Waals surface area contributed by atoms with Gasteiger partial charge in [0.05, 0.1) is 6.54 Å². The zero-order valence-corrected chi connectivity index (χ0v) is 15.7. The first-order valence-corrected chi connectivity index (χ1v) is 9.56. The minimum atomic E-state index is -0.0148. The first-order valence-electron chi connectivity index (χ1n) is 9.56. The van der Waals surface area contributed by atoms with Crippen molar-refractivity contribution >= 4 is 11.8 Å². The van der Waals surface area contributed by atoms with Crippen LogP contribution in [0, 0.1) is 5.92 Å². The van der Waals surface area contributed by atoms with Crippen molar-refractivity contribution in [1.82, 2.24) is 24.5 Å². The molecule has 0 bridgehead atoms. The molecule has 7 heteroatoms. The minimum Gasteiger partial charge on any atom is -0.324 e. The number of likely N-dealkylation sites (tertiary alicyclic amines) is 2. The van der Waals surface area contributed by atoms with Gasteiger partial charge in [-0.15, -0.1) is 0 Å². The number of hydrogen-bond donors (Lipinski definition) is 1. The van der Waals surface area contributed by atoms with Gasteiger partial charge < -0.3 is 14.7 Å². The fourth-order valence-corrected chi connectivity index (χ4v) is 3.72. The van der Waals surface area contributed by atoms with Crippen LogP contribution in [0.25, 0.3) is 0 Å². The molecule has 140 valence electrons. The van der Waals surface area contributed by atoms with Crippen LogP contribution in [0.2, 0.25) is 0 Å². The van der Waals surface area contributed by atoms with Crippen LogP contribution in [-0.2, 0) is 6.54 Å². The Kier molecular flexibility index (Phi) is 6.31. The monoisotopic (exact) mass is 348 g/mol. The SMILES string of the molecule is CN(C)CCn1ccc(NC(=O)N2CC[C@H](CN3CCCCC3)C2)n1. The zero-order chi connectivity index (χ0) is 17.6. The van der Waals surface area contributed by atoms with Crippen molar-refractivity contribution in [2.75, 3.05) is 58.7 Å². The van der Waals surface area contributed by atoms with E-state index < -0.39 is 0 Å². The summed E-state index contributed by atoms with van der Waals surface area (Å²) in [5.74, 6) is 1.25. The van der Waals surface area contributed by atoms with E-state index in [9.17, 15) is 4.79 Å². The highest BCUT2D eigenvalue weighted by Gasteiger charge is 2.28. The van der Waals surface area contributed by atoms with Crippen LogP contribution in [0.1, 0.15) is 25.7 Å². The quantitative estimate of drug-likeness (QED) is 0.851. The number of nitrogens with zero attached hydrogens (tertiary/aromatic N) is 5. The Hall–Kier alpha value is -1.60. The Morgan fingerprint density at radius 3 is 2.84 bits per heavy atom. The lowest BCUT2D eigenvalue weighted by Gasteiger charge is -2.28. The summed E-state index contributed by atoms with van der Waals surface area (Å²) in [5.41, 5.74) is 0. The highest BCUT2D eigenvalue weighted by atomic mass is 16.2. The third kappa shape index (κ3) is 5.44. The van der Waals surface area contributed by atoms with Gasteiger partial charge in [-0.2, -0.15) is 5.10 Å². The molecule has 2 aliphatic heterocycles. The second-order valence-electron chi connectivity index (χ2n) is 7.66. The number of urea groups is 1. The summed E-state index contributed by atoms with van der Waals surface area (Å²) in [6.45, 7) is 7.07. The molecule has 25 heavy (non-hydrogen) atoms. The van der Waals surface area contributed by atoms with Crippen molar-refractivity contribution in [3.8, 4) is 0 Å². The van der Waals surface area contributed by atoms with E-state index in [1.165, 1.54) is 32.4 Å². The number of likely N-dealkylation sites (N-methyl/N-ethyl adjacent to an activating group) is 1. The topological polar surface area (TPSA) is 56.6 Å². The summed E-state index contributed by atoms with van der Waals surface area (Å²) in [6.07, 6.45) is 7.06. The van der Waals surface area contributed by atoms with Crippen molar-refractivity contribution in [1.29, 1.82) is 0 Å². The summed E-state index contributed by atoms with van der Waals surface area (Å²) in [6, 6.07) is 1.86. The lowest BCUT2D eigenvalue weighted by atomic mass is 10.1. The molecular formula is C18H32N6O. The highest BCUT2D eigenvalue weighted by Crippen LogP contribution is 2.20. The lowest BCUT2D eigenvalue weighted by molar-refractivity contribution is 0.192. The van der Waals surface area contributed by atoms with Gasteiger partial charge in [0.2, 0.25) is 0 Å². The van der Waals surface area contributed by atoms with E-state index in [4.69, 9.17) is 0 Å². The van der Waals surface area contributed by atoms with Crippen LogP contribution in [0.5, 0.6) is 0 Å². The van der Waals surface area contributed by atoms with Crippen LogP contribution < -0.4 is 5.32 Å². The Morgan fingerprint density at radius 1 is 1.28 bits per heavy atom. The number of hydrogen-bond acceptors (Lipinski definition) is 4. The number of carbonyl (C=O) groups is 1. The van der Waals surface area contributed by atoms with Crippen molar-refractivity contribution in [3.05, 3.63) is 12.3 Å². The smallest absolute Gasteiger partial charge is 0.323 e. The molecule has 2 aliphatic rings. The van der Waals surface area contributed by atoms with Gasteiger partial charge in [0.25, 0.3) is 0 Å². The zero-order valence-electron chi connectivity index (χ0n) is 15.7. The third-order valence-electron chi connectivity index (χ3n) is 5.19. The second kappa shape index (κ2) is 8.67. The van der Waals surface area contributed by atoms with Gasteiger partial charge in [-0.05, 0) is 52.4 Å². The number of nitrogens with one attached hydrogen (secondary N) is 1. The largest absolute Gasteiger partial charge is 0.324 e. The average molecular weight is 348 g/mol. The normalized spacial score (nSPS) is 21.9. The first-order chi connectivity index (χ1) is 12.1. The van der Waals surface area contributed by atoms with Gasteiger partial charge in [0.15, 0.2) is 5.82 Å². The molecule has 2 fully saturated rings. The molecule has 2 saturated heterocycles. The molecule has 3 heterocycles. The van der Waals surface area contributed by atoms with Gasteiger partial charge in [0, 0.05) is 38.4 Å². The van der Waals surface area contributed by atoms with Gasteiger partial charge in [0.1, 0.15) is 0 Å². The standard InChI is InChI=1S/C18H32N6O/c1-21(2)12-13-24-11-7-17(20-24)19-18(25)23-10-6-16(15-23)14-22-8-4-3-5-9-22/h7,11,16H,3-6,8-10,12-15H2,1-2H3,(H,19,20,25)/t16-/m1/s1. The number of carbonyl (C=O) groups excluding carboxylic acids is 1. The summed E-state index contributed by atoms with van der Waals surface area (Å²) in [5, 5.41) is 7.37. The van der Waals surface area contributed by atoms with Gasteiger partial charge >= 0.3 is 6.03 Å². The van der Waals surface area contributed by atoms with E-state index in [-0.39, 0.29) is 6.03 Å². The molecule has 3 rings (SSSR count). The predicted molar refractivity (Wildman–Crippen MR) is 99.8 cm³/mol. The number of aromatic nitrogens is 2. The molecule has 1 N–H and O–H groups in total. The van der Waals surface area contributed by atoms with Crippen molar-refractivity contribution in [2.24, 2.45) is 5.92 Å². The van der Waals surface area contributed by atoms with E-state index in [0.29, 0.717) is 11.7 Å². The lowest BCUT2D eigenvalue weighted by Crippen LogP contribution is -2.37. The van der Waals surface area contributed by atoms with E-state index in [0.717, 1.165) is 39.1 Å². The molecule has 0 aliphatic carbocycles. The van der Waals surface area contributed by atoms with Crippen LogP contribution >= 0.6 is 0 Å². The number of piperidine rings is 1. The molecule has 2 amide bonds. The number of rotatable bonds is 6. The van der Waals surface area contributed by atoms with Gasteiger partial charge in [-0.3, -0.25) is 10.00 Å². The minimum absolute atomic E-state index is 0.0148. The van der Waals surface area contributed by atoms with E-state index in [1.54, 1.807) is 0 Å². The maximum absolute atomic E-state index is 12.5. The van der Waals surface area contributed by atoms with Crippen LogP contribution in [-0.4, -0.2) is 83.9 Å². The summed E-state index contributed by atoms with van der Waals surface area (Å²) in [4.78, 5) is 19.1. The Morgan fingerprint density at radius 2 is 2.08 bits per heavy atom. The summed E-state index contributed by atoms with van der Waals surface area (Å²) in [7, 11) is 4.08. The number of amides is 2. The molecule has 0 saturated carbocycles. The van der Waals surface area contributed by atoms with E-state index in [2.05, 4.69) is 20.2 Å². The molecule has 7 nitrogen and oxygen atoms in total. The fourth-order valence-electron chi connectivity index (χ4n) is 3.72. The molecular weight excluding hydrogens is 316 g/mol. The van der Waals surface area contributed by atoms with Crippen molar-refractivity contribution in [2.45, 2.75) is 32.2 Å². The second-order valence-corrected chi connectivity index (χ2v) is 7.66. The van der Waals surface area contributed by atoms with Crippen molar-refractivity contribution in [3.63, 3.8) is 0 Å². The van der Waals surface area contributed by atoms with Gasteiger partial charge in [-0.25, -0.2) is 4.79 Å². The molecule has 0 spiro atoms.